The number of piperidine rings is 2. The highest BCUT2D eigenvalue weighted by atomic mass is 35.5. The molecule has 3 heterocycles. The number of halogens is 1. The Morgan fingerprint density at radius 3 is 2.74 bits per heavy atom. The molecule has 1 atom stereocenters. The Morgan fingerprint density at radius 1 is 1.19 bits per heavy atom. The van der Waals surface area contributed by atoms with Crippen molar-refractivity contribution in [1.29, 1.82) is 0 Å². The van der Waals surface area contributed by atoms with Gasteiger partial charge >= 0.3 is 0 Å². The Balaban J connectivity index is 1.32. The van der Waals surface area contributed by atoms with Crippen LogP contribution in [-0.2, 0) is 0 Å². The summed E-state index contributed by atoms with van der Waals surface area (Å²) < 4.78 is 7.94. The lowest BCUT2D eigenvalue weighted by Gasteiger charge is -2.32. The average Bonchev–Trinajstić information content (AvgIpc) is 3.21. The molecule has 144 valence electrons. The Kier molecular flexibility index (Phi) is 5.64. The van der Waals surface area contributed by atoms with Gasteiger partial charge in [0.15, 0.2) is 0 Å². The predicted octanol–water partition coefficient (Wildman–Crippen LogP) is 3.14. The van der Waals surface area contributed by atoms with Crippen molar-refractivity contribution in [2.24, 2.45) is 0 Å². The third-order valence-electron chi connectivity index (χ3n) is 5.33. The summed E-state index contributed by atoms with van der Waals surface area (Å²) >= 11 is 6.16. The number of para-hydroxylation sites is 1. The molecule has 1 unspecified atom stereocenters. The van der Waals surface area contributed by atoms with Crippen molar-refractivity contribution >= 4 is 17.5 Å². The van der Waals surface area contributed by atoms with E-state index in [-0.39, 0.29) is 12.0 Å². The summed E-state index contributed by atoms with van der Waals surface area (Å²) in [5.41, 5.74) is 0.533. The summed E-state index contributed by atoms with van der Waals surface area (Å²) in [5.74, 6) is 0.720. The predicted molar refractivity (Wildman–Crippen MR) is 104 cm³/mol. The molecule has 0 radical (unpaired) electrons. The molecule has 1 aromatic carbocycles. The number of amides is 1. The van der Waals surface area contributed by atoms with Crippen molar-refractivity contribution in [3.8, 4) is 5.75 Å². The highest BCUT2D eigenvalue weighted by molar-refractivity contribution is 6.32. The molecular weight excluding hydrogens is 364 g/mol. The summed E-state index contributed by atoms with van der Waals surface area (Å²) in [4.78, 5) is 14.7. The van der Waals surface area contributed by atoms with Crippen molar-refractivity contribution in [2.45, 2.75) is 37.8 Å². The molecule has 1 N–H and O–H groups in total. The van der Waals surface area contributed by atoms with E-state index in [4.69, 9.17) is 16.3 Å². The number of carbonyl (C=O) groups is 1. The van der Waals surface area contributed by atoms with E-state index in [1.165, 1.54) is 0 Å². The van der Waals surface area contributed by atoms with E-state index in [0.717, 1.165) is 38.8 Å². The molecule has 27 heavy (non-hydrogen) atoms. The zero-order chi connectivity index (χ0) is 18.6. The number of nitrogens with zero attached hydrogens (tertiary/aromatic N) is 3. The van der Waals surface area contributed by atoms with Crippen LogP contribution in [0.25, 0.3) is 0 Å². The first kappa shape index (κ1) is 18.3. The first-order chi connectivity index (χ1) is 13.2. The minimum Gasteiger partial charge on any atom is -0.489 e. The smallest absolute Gasteiger partial charge is 0.274 e. The molecule has 0 saturated carbocycles. The third kappa shape index (κ3) is 4.28. The molecule has 2 fully saturated rings. The number of nitrogens with one attached hydrogen (secondary N) is 1. The van der Waals surface area contributed by atoms with Crippen LogP contribution in [0.2, 0.25) is 5.02 Å². The van der Waals surface area contributed by atoms with Crippen molar-refractivity contribution in [3.05, 3.63) is 47.2 Å². The summed E-state index contributed by atoms with van der Waals surface area (Å²) in [6.45, 7) is 3.33. The Hall–Kier alpha value is -2.05. The zero-order valence-corrected chi connectivity index (χ0v) is 16.1. The van der Waals surface area contributed by atoms with Crippen LogP contribution < -0.4 is 10.1 Å². The van der Waals surface area contributed by atoms with Gasteiger partial charge in [0.05, 0.1) is 11.1 Å². The van der Waals surface area contributed by atoms with Crippen LogP contribution in [-0.4, -0.2) is 52.9 Å². The Morgan fingerprint density at radius 2 is 2.00 bits per heavy atom. The summed E-state index contributed by atoms with van der Waals surface area (Å²) in [7, 11) is 0. The van der Waals surface area contributed by atoms with Crippen LogP contribution in [0, 0.1) is 0 Å². The van der Waals surface area contributed by atoms with Crippen molar-refractivity contribution in [1.82, 2.24) is 20.0 Å². The van der Waals surface area contributed by atoms with Gasteiger partial charge in [-0.2, -0.15) is 5.10 Å². The number of likely N-dealkylation sites (tertiary alicyclic amines) is 1. The van der Waals surface area contributed by atoms with Crippen LogP contribution in [0.15, 0.2) is 36.5 Å². The minimum atomic E-state index is 0.00807. The van der Waals surface area contributed by atoms with Crippen LogP contribution >= 0.6 is 11.6 Å². The number of carbonyl (C=O) groups excluding carboxylic acids is 1. The summed E-state index contributed by atoms with van der Waals surface area (Å²) in [6, 6.07) is 9.69. The SMILES string of the molecule is O=C(c1ccn(C2CCCNC2)n1)N1CCC(Oc2ccccc2Cl)CC1. The van der Waals surface area contributed by atoms with E-state index >= 15 is 0 Å². The molecule has 0 bridgehead atoms. The second-order valence-electron chi connectivity index (χ2n) is 7.22. The van der Waals surface area contributed by atoms with E-state index in [2.05, 4.69) is 10.4 Å². The first-order valence-corrected chi connectivity index (χ1v) is 10.0. The van der Waals surface area contributed by atoms with Gasteiger partial charge in [0, 0.05) is 38.7 Å². The van der Waals surface area contributed by atoms with Crippen molar-refractivity contribution in [2.75, 3.05) is 26.2 Å². The van der Waals surface area contributed by atoms with Gasteiger partial charge in [-0.05, 0) is 37.6 Å². The average molecular weight is 389 g/mol. The van der Waals surface area contributed by atoms with E-state index in [1.54, 1.807) is 0 Å². The standard InChI is InChI=1S/C20H25ClN4O2/c21-17-5-1-2-6-19(17)27-16-7-11-24(12-8-16)20(26)18-9-13-25(23-18)15-4-3-10-22-14-15/h1-2,5-6,9,13,15-16,22H,3-4,7-8,10-12,14H2. The van der Waals surface area contributed by atoms with Gasteiger partial charge in [0.1, 0.15) is 17.5 Å². The highest BCUT2D eigenvalue weighted by Gasteiger charge is 2.27. The molecule has 6 nitrogen and oxygen atoms in total. The fourth-order valence-corrected chi connectivity index (χ4v) is 3.95. The fourth-order valence-electron chi connectivity index (χ4n) is 3.77. The molecule has 2 saturated heterocycles. The number of rotatable bonds is 4. The van der Waals surface area contributed by atoms with Gasteiger partial charge in [-0.25, -0.2) is 0 Å². The van der Waals surface area contributed by atoms with Gasteiger partial charge in [0.2, 0.25) is 0 Å². The molecule has 0 aliphatic carbocycles. The number of aromatic nitrogens is 2. The topological polar surface area (TPSA) is 59.4 Å². The molecule has 7 heteroatoms. The van der Waals surface area contributed by atoms with Crippen LogP contribution in [0.4, 0.5) is 0 Å². The van der Waals surface area contributed by atoms with E-state index in [1.807, 2.05) is 46.1 Å². The van der Waals surface area contributed by atoms with Gasteiger partial charge in [-0.1, -0.05) is 23.7 Å². The minimum absolute atomic E-state index is 0.00807. The van der Waals surface area contributed by atoms with Gasteiger partial charge in [-0.15, -0.1) is 0 Å². The van der Waals surface area contributed by atoms with Crippen LogP contribution in [0.1, 0.15) is 42.2 Å². The maximum absolute atomic E-state index is 12.8. The Bertz CT molecular complexity index is 780. The molecular formula is C20H25ClN4O2. The van der Waals surface area contributed by atoms with Gasteiger partial charge in [-0.3, -0.25) is 9.48 Å². The van der Waals surface area contributed by atoms with E-state index in [0.29, 0.717) is 35.6 Å². The molecule has 4 rings (SSSR count). The van der Waals surface area contributed by atoms with Crippen molar-refractivity contribution < 1.29 is 9.53 Å². The molecule has 1 aromatic heterocycles. The number of hydrogen-bond donors (Lipinski definition) is 1. The lowest BCUT2D eigenvalue weighted by Crippen LogP contribution is -2.42. The normalized spacial score (nSPS) is 21.2. The lowest BCUT2D eigenvalue weighted by atomic mass is 10.1. The van der Waals surface area contributed by atoms with E-state index < -0.39 is 0 Å². The second-order valence-corrected chi connectivity index (χ2v) is 7.63. The maximum Gasteiger partial charge on any atom is 0.274 e. The Labute approximate surface area is 164 Å². The molecule has 1 amide bonds. The van der Waals surface area contributed by atoms with E-state index in [9.17, 15) is 4.79 Å². The number of benzene rings is 1. The lowest BCUT2D eigenvalue weighted by molar-refractivity contribution is 0.0589. The number of ether oxygens (including phenoxy) is 1. The molecule has 2 aliphatic rings. The van der Waals surface area contributed by atoms with Crippen molar-refractivity contribution in [3.63, 3.8) is 0 Å². The fraction of sp³-hybridized carbons (Fsp3) is 0.500. The molecule has 0 spiro atoms. The zero-order valence-electron chi connectivity index (χ0n) is 15.3. The molecule has 2 aliphatic heterocycles. The first-order valence-electron chi connectivity index (χ1n) is 9.67. The summed E-state index contributed by atoms with van der Waals surface area (Å²) in [6.07, 6.45) is 5.85. The third-order valence-corrected chi connectivity index (χ3v) is 5.64. The monoisotopic (exact) mass is 388 g/mol. The second kappa shape index (κ2) is 8.31. The largest absolute Gasteiger partial charge is 0.489 e. The van der Waals surface area contributed by atoms with Crippen LogP contribution in [0.5, 0.6) is 5.75 Å². The van der Waals surface area contributed by atoms with Gasteiger partial charge in [0.25, 0.3) is 5.91 Å². The number of hydrogen-bond acceptors (Lipinski definition) is 4. The highest BCUT2D eigenvalue weighted by Crippen LogP contribution is 2.27. The van der Waals surface area contributed by atoms with Crippen LogP contribution in [0.3, 0.4) is 0 Å². The summed E-state index contributed by atoms with van der Waals surface area (Å²) in [5, 5.41) is 8.55. The van der Waals surface area contributed by atoms with Gasteiger partial charge < -0.3 is 15.0 Å². The maximum atomic E-state index is 12.8. The molecule has 2 aromatic rings. The quantitative estimate of drug-likeness (QED) is 0.874.